The third-order valence-electron chi connectivity index (χ3n) is 12.0. The summed E-state index contributed by atoms with van der Waals surface area (Å²) < 4.78 is 4.79. The summed E-state index contributed by atoms with van der Waals surface area (Å²) in [4.78, 5) is 14.8. The Bertz CT molecular complexity index is 3550. The van der Waals surface area contributed by atoms with Crippen molar-refractivity contribution >= 4 is 43.6 Å². The highest BCUT2D eigenvalue weighted by molar-refractivity contribution is 6.16. The normalized spacial score (nSPS) is 11.5. The van der Waals surface area contributed by atoms with E-state index >= 15 is 0 Å². The molecule has 0 N–H and O–H groups in total. The molecule has 0 atom stereocenters. The van der Waals surface area contributed by atoms with Crippen molar-refractivity contribution in [1.29, 1.82) is 0 Å². The number of nitrogens with zero attached hydrogens (tertiary/aromatic N) is 5. The van der Waals surface area contributed by atoms with E-state index in [1.165, 1.54) is 49.2 Å². The Morgan fingerprint density at radius 3 is 1.39 bits per heavy atom. The zero-order valence-electron chi connectivity index (χ0n) is 33.6. The Balaban J connectivity index is 0.940. The molecule has 0 amide bonds. The van der Waals surface area contributed by atoms with Gasteiger partial charge in [-0.25, -0.2) is 15.0 Å². The molecule has 0 saturated carbocycles. The van der Waals surface area contributed by atoms with Gasteiger partial charge in [-0.3, -0.25) is 0 Å². The van der Waals surface area contributed by atoms with Crippen LogP contribution in [-0.4, -0.2) is 24.1 Å². The number of hydrogen-bond acceptors (Lipinski definition) is 3. The summed E-state index contributed by atoms with van der Waals surface area (Å²) in [7, 11) is 0. The highest BCUT2D eigenvalue weighted by Gasteiger charge is 2.19. The van der Waals surface area contributed by atoms with Gasteiger partial charge in [-0.2, -0.15) is 0 Å². The molecule has 0 radical (unpaired) electrons. The number of benzene rings is 9. The second-order valence-corrected chi connectivity index (χ2v) is 15.6. The average molecular weight is 792 g/mol. The van der Waals surface area contributed by atoms with E-state index in [0.717, 1.165) is 44.7 Å². The Morgan fingerprint density at radius 2 is 0.710 bits per heavy atom. The van der Waals surface area contributed by atoms with Gasteiger partial charge in [-0.05, 0) is 76.9 Å². The van der Waals surface area contributed by atoms with E-state index < -0.39 is 0 Å². The number of rotatable bonds is 7. The van der Waals surface area contributed by atoms with Crippen LogP contribution in [0.4, 0.5) is 0 Å². The molecule has 62 heavy (non-hydrogen) atoms. The van der Waals surface area contributed by atoms with Gasteiger partial charge < -0.3 is 9.13 Å². The van der Waals surface area contributed by atoms with Crippen LogP contribution in [0.25, 0.3) is 111 Å². The van der Waals surface area contributed by atoms with Gasteiger partial charge in [-0.15, -0.1) is 0 Å². The SMILES string of the molecule is c1ccc(-c2nc(-c3ccccc3)nc(-c3ccc(-c4ccc5c(c4)c4ccccc4n5-c4cccc(-c5cccc6c5c5ccccc5n6-c5ccccc5)c4)cc3)n2)cc1. The first-order chi connectivity index (χ1) is 30.7. The summed E-state index contributed by atoms with van der Waals surface area (Å²) in [5, 5.41) is 4.92. The monoisotopic (exact) mass is 791 g/mol. The average Bonchev–Trinajstić information content (AvgIpc) is 3.87. The lowest BCUT2D eigenvalue weighted by Crippen LogP contribution is -2.00. The van der Waals surface area contributed by atoms with E-state index in [4.69, 9.17) is 15.0 Å². The van der Waals surface area contributed by atoms with E-state index in [-0.39, 0.29) is 0 Å². The fourth-order valence-corrected chi connectivity index (χ4v) is 9.11. The minimum absolute atomic E-state index is 0.642. The van der Waals surface area contributed by atoms with Crippen molar-refractivity contribution in [2.75, 3.05) is 0 Å². The Hall–Kier alpha value is -8.41. The van der Waals surface area contributed by atoms with Gasteiger partial charge in [0, 0.05) is 49.6 Å². The molecule has 3 aromatic heterocycles. The molecule has 0 bridgehead atoms. The third-order valence-corrected chi connectivity index (χ3v) is 12.0. The number of aromatic nitrogens is 5. The molecule has 3 heterocycles. The van der Waals surface area contributed by atoms with E-state index in [0.29, 0.717) is 17.5 Å². The van der Waals surface area contributed by atoms with E-state index in [9.17, 15) is 0 Å². The molecule has 0 saturated heterocycles. The van der Waals surface area contributed by atoms with Crippen molar-refractivity contribution < 1.29 is 0 Å². The standard InChI is InChI=1S/C57H37N5/c1-4-16-39(17-5-1)55-58-56(40-18-6-2-7-19-40)60-57(59-55)41-32-30-38(31-33-41)42-34-35-52-49(37-42)47-24-10-12-27-50(47)62(52)45-23-14-20-43(36-45)46-26-15-29-53-54(46)48-25-11-13-28-51(48)61(53)44-21-8-3-9-22-44/h1-37H. The van der Waals surface area contributed by atoms with Crippen molar-refractivity contribution in [2.45, 2.75) is 0 Å². The third kappa shape index (κ3) is 5.98. The van der Waals surface area contributed by atoms with Crippen LogP contribution in [-0.2, 0) is 0 Å². The molecule has 5 heteroatoms. The highest BCUT2D eigenvalue weighted by Crippen LogP contribution is 2.41. The van der Waals surface area contributed by atoms with Gasteiger partial charge >= 0.3 is 0 Å². The predicted octanol–water partition coefficient (Wildman–Crippen LogP) is 14.4. The van der Waals surface area contributed by atoms with Crippen molar-refractivity contribution in [1.82, 2.24) is 24.1 Å². The molecule has 290 valence electrons. The van der Waals surface area contributed by atoms with Crippen LogP contribution in [0.5, 0.6) is 0 Å². The summed E-state index contributed by atoms with van der Waals surface area (Å²) in [6, 6.07) is 79.4. The number of fused-ring (bicyclic) bond motifs is 6. The number of hydrogen-bond donors (Lipinski definition) is 0. The maximum atomic E-state index is 4.95. The van der Waals surface area contributed by atoms with Crippen LogP contribution in [0.1, 0.15) is 0 Å². The molecular weight excluding hydrogens is 755 g/mol. The second-order valence-electron chi connectivity index (χ2n) is 15.6. The smallest absolute Gasteiger partial charge is 0.164 e. The van der Waals surface area contributed by atoms with Gasteiger partial charge in [0.25, 0.3) is 0 Å². The minimum Gasteiger partial charge on any atom is -0.309 e. The van der Waals surface area contributed by atoms with Crippen molar-refractivity contribution in [2.24, 2.45) is 0 Å². The first-order valence-electron chi connectivity index (χ1n) is 20.9. The van der Waals surface area contributed by atoms with E-state index in [1.54, 1.807) is 0 Å². The topological polar surface area (TPSA) is 48.5 Å². The van der Waals surface area contributed by atoms with Crippen LogP contribution in [0, 0.1) is 0 Å². The first-order valence-corrected chi connectivity index (χ1v) is 20.9. The summed E-state index contributed by atoms with van der Waals surface area (Å²) in [6.07, 6.45) is 0. The molecule has 5 nitrogen and oxygen atoms in total. The zero-order chi connectivity index (χ0) is 41.0. The molecule has 0 aliphatic carbocycles. The summed E-state index contributed by atoms with van der Waals surface area (Å²) >= 11 is 0. The van der Waals surface area contributed by atoms with Gasteiger partial charge in [-0.1, -0.05) is 170 Å². The van der Waals surface area contributed by atoms with Crippen molar-refractivity contribution in [3.63, 3.8) is 0 Å². The van der Waals surface area contributed by atoms with Crippen LogP contribution < -0.4 is 0 Å². The Labute approximate surface area is 358 Å². The zero-order valence-corrected chi connectivity index (χ0v) is 33.6. The molecular formula is C57H37N5. The summed E-state index contributed by atoms with van der Waals surface area (Å²) in [5.41, 5.74) is 14.5. The maximum absolute atomic E-state index is 4.95. The van der Waals surface area contributed by atoms with Crippen molar-refractivity contribution in [3.8, 4) is 67.8 Å². The van der Waals surface area contributed by atoms with Crippen molar-refractivity contribution in [3.05, 3.63) is 224 Å². The predicted molar refractivity (Wildman–Crippen MR) is 256 cm³/mol. The van der Waals surface area contributed by atoms with Crippen LogP contribution in [0.2, 0.25) is 0 Å². The molecule has 0 spiro atoms. The van der Waals surface area contributed by atoms with Crippen LogP contribution in [0.3, 0.4) is 0 Å². The largest absolute Gasteiger partial charge is 0.309 e. The lowest BCUT2D eigenvalue weighted by Gasteiger charge is -2.12. The molecule has 0 aliphatic heterocycles. The number of para-hydroxylation sites is 3. The lowest BCUT2D eigenvalue weighted by atomic mass is 9.99. The molecule has 0 unspecified atom stereocenters. The van der Waals surface area contributed by atoms with Gasteiger partial charge in [0.2, 0.25) is 0 Å². The van der Waals surface area contributed by atoms with Crippen LogP contribution >= 0.6 is 0 Å². The maximum Gasteiger partial charge on any atom is 0.164 e. The Morgan fingerprint density at radius 1 is 0.258 bits per heavy atom. The summed E-state index contributed by atoms with van der Waals surface area (Å²) in [6.45, 7) is 0. The molecule has 12 aromatic rings. The highest BCUT2D eigenvalue weighted by atomic mass is 15.0. The Kier molecular flexibility index (Phi) is 8.42. The fourth-order valence-electron chi connectivity index (χ4n) is 9.11. The summed E-state index contributed by atoms with van der Waals surface area (Å²) in [5.74, 6) is 1.94. The molecule has 12 rings (SSSR count). The second kappa shape index (κ2) is 14.7. The molecule has 9 aromatic carbocycles. The van der Waals surface area contributed by atoms with E-state index in [1.807, 2.05) is 60.7 Å². The lowest BCUT2D eigenvalue weighted by molar-refractivity contribution is 1.07. The fraction of sp³-hybridized carbons (Fsp3) is 0. The van der Waals surface area contributed by atoms with Crippen LogP contribution in [0.15, 0.2) is 224 Å². The van der Waals surface area contributed by atoms with Gasteiger partial charge in [0.15, 0.2) is 17.5 Å². The molecule has 0 fully saturated rings. The molecule has 0 aliphatic rings. The quantitative estimate of drug-likeness (QED) is 0.162. The van der Waals surface area contributed by atoms with Gasteiger partial charge in [0.1, 0.15) is 0 Å². The minimum atomic E-state index is 0.642. The van der Waals surface area contributed by atoms with Gasteiger partial charge in [0.05, 0.1) is 22.1 Å². The van der Waals surface area contributed by atoms with E-state index in [2.05, 4.69) is 173 Å². The first kappa shape index (κ1) is 35.5.